The Hall–Kier alpha value is -1.47. The molecule has 1 amide bonds. The van der Waals surface area contributed by atoms with Crippen LogP contribution in [0, 0.1) is 0 Å². The van der Waals surface area contributed by atoms with Gasteiger partial charge in [0.2, 0.25) is 5.91 Å². The maximum absolute atomic E-state index is 12.2. The van der Waals surface area contributed by atoms with Gasteiger partial charge in [0.05, 0.1) is 13.2 Å². The van der Waals surface area contributed by atoms with Crippen LogP contribution in [0.5, 0.6) is 0 Å². The van der Waals surface area contributed by atoms with Gasteiger partial charge in [0.1, 0.15) is 6.04 Å². The summed E-state index contributed by atoms with van der Waals surface area (Å²) in [7, 11) is 0. The number of nitrogens with zero attached hydrogens (tertiary/aromatic N) is 2. The van der Waals surface area contributed by atoms with Crippen LogP contribution in [0.2, 0.25) is 0 Å². The van der Waals surface area contributed by atoms with Crippen molar-refractivity contribution in [3.63, 3.8) is 0 Å². The molecule has 0 bridgehead atoms. The quantitative estimate of drug-likeness (QED) is 0.833. The number of hydrogen-bond donors (Lipinski definition) is 2. The monoisotopic (exact) mass is 332 g/mol. The van der Waals surface area contributed by atoms with Crippen LogP contribution < -0.4 is 10.6 Å². The average molecular weight is 332 g/mol. The smallest absolute Gasteiger partial charge is 0.243 e. The minimum Gasteiger partial charge on any atom is -0.378 e. The number of hydrogen-bond acceptors (Lipinski definition) is 5. The lowest BCUT2D eigenvalue weighted by atomic mass is 10.1. The maximum atomic E-state index is 12.2. The molecule has 2 aliphatic rings. The van der Waals surface area contributed by atoms with Crippen LogP contribution >= 0.6 is 0 Å². The van der Waals surface area contributed by atoms with Crippen LogP contribution in [-0.2, 0) is 16.1 Å². The summed E-state index contributed by atoms with van der Waals surface area (Å²) in [6, 6.07) is 7.92. The third-order valence-corrected chi connectivity index (χ3v) is 4.78. The van der Waals surface area contributed by atoms with E-state index in [2.05, 4.69) is 39.5 Å². The minimum atomic E-state index is -0.256. The first-order valence-corrected chi connectivity index (χ1v) is 8.90. The Bertz CT molecular complexity index is 520. The summed E-state index contributed by atoms with van der Waals surface area (Å²) >= 11 is 0. The molecule has 2 heterocycles. The molecule has 2 N–H and O–H groups in total. The third-order valence-electron chi connectivity index (χ3n) is 4.78. The second-order valence-electron chi connectivity index (χ2n) is 6.48. The van der Waals surface area contributed by atoms with Crippen molar-refractivity contribution in [1.29, 1.82) is 0 Å². The van der Waals surface area contributed by atoms with Gasteiger partial charge in [-0.25, -0.2) is 0 Å². The van der Waals surface area contributed by atoms with E-state index in [1.807, 2.05) is 12.1 Å². The van der Waals surface area contributed by atoms with Gasteiger partial charge in [0.25, 0.3) is 0 Å². The van der Waals surface area contributed by atoms with E-state index < -0.39 is 0 Å². The molecule has 2 saturated heterocycles. The Morgan fingerprint density at radius 2 is 1.92 bits per heavy atom. The Kier molecular flexibility index (Phi) is 6.20. The molecule has 3 rings (SSSR count). The fourth-order valence-electron chi connectivity index (χ4n) is 3.18. The van der Waals surface area contributed by atoms with Crippen molar-refractivity contribution in [2.24, 2.45) is 0 Å². The number of carbonyl (C=O) groups is 1. The zero-order valence-electron chi connectivity index (χ0n) is 14.5. The van der Waals surface area contributed by atoms with Crippen LogP contribution in [0.15, 0.2) is 24.3 Å². The van der Waals surface area contributed by atoms with E-state index >= 15 is 0 Å². The molecule has 0 saturated carbocycles. The molecule has 0 spiro atoms. The van der Waals surface area contributed by atoms with Gasteiger partial charge in [-0.05, 0) is 24.2 Å². The second kappa shape index (κ2) is 8.58. The van der Waals surface area contributed by atoms with Gasteiger partial charge in [0.15, 0.2) is 0 Å². The Balaban J connectivity index is 1.47. The van der Waals surface area contributed by atoms with Gasteiger partial charge in [-0.1, -0.05) is 19.1 Å². The molecular formula is C18H28N4O2. The van der Waals surface area contributed by atoms with Gasteiger partial charge >= 0.3 is 0 Å². The maximum Gasteiger partial charge on any atom is 0.243 e. The lowest BCUT2D eigenvalue weighted by Gasteiger charge is -2.34. The van der Waals surface area contributed by atoms with Crippen molar-refractivity contribution in [2.75, 3.05) is 57.8 Å². The van der Waals surface area contributed by atoms with E-state index in [0.29, 0.717) is 13.2 Å². The summed E-state index contributed by atoms with van der Waals surface area (Å²) in [5.74, 6) is -0.0295. The molecule has 0 radical (unpaired) electrons. The molecule has 1 unspecified atom stereocenters. The van der Waals surface area contributed by atoms with E-state index in [9.17, 15) is 4.79 Å². The average Bonchev–Trinajstić information content (AvgIpc) is 2.65. The molecule has 2 fully saturated rings. The fourth-order valence-corrected chi connectivity index (χ4v) is 3.18. The van der Waals surface area contributed by atoms with Crippen LogP contribution in [0.3, 0.4) is 0 Å². The normalized spacial score (nSPS) is 23.1. The van der Waals surface area contributed by atoms with E-state index in [-0.39, 0.29) is 11.9 Å². The van der Waals surface area contributed by atoms with Crippen molar-refractivity contribution < 1.29 is 9.53 Å². The van der Waals surface area contributed by atoms with Gasteiger partial charge < -0.3 is 20.3 Å². The highest BCUT2D eigenvalue weighted by Crippen LogP contribution is 2.13. The minimum absolute atomic E-state index is 0.0295. The summed E-state index contributed by atoms with van der Waals surface area (Å²) in [6.07, 6.45) is 0. The van der Waals surface area contributed by atoms with Crippen molar-refractivity contribution in [3.8, 4) is 0 Å². The summed E-state index contributed by atoms with van der Waals surface area (Å²) in [5, 5.41) is 6.12. The van der Waals surface area contributed by atoms with Crippen LogP contribution in [-0.4, -0.2) is 74.2 Å². The molecule has 0 aromatic heterocycles. The SMILES string of the molecule is CCN1CCN(Cc2ccc(NC(=O)C3COCCN3)cc2)CC1. The molecule has 6 nitrogen and oxygen atoms in total. The second-order valence-corrected chi connectivity index (χ2v) is 6.48. The van der Waals surface area contributed by atoms with E-state index in [0.717, 1.165) is 51.5 Å². The first-order valence-electron chi connectivity index (χ1n) is 8.90. The van der Waals surface area contributed by atoms with Crippen molar-refractivity contribution >= 4 is 11.6 Å². The highest BCUT2D eigenvalue weighted by atomic mass is 16.5. The van der Waals surface area contributed by atoms with E-state index in [4.69, 9.17) is 4.74 Å². The number of likely N-dealkylation sites (N-methyl/N-ethyl adjacent to an activating group) is 1. The third kappa shape index (κ3) is 4.77. The number of amides is 1. The molecule has 0 aliphatic carbocycles. The summed E-state index contributed by atoms with van der Waals surface area (Å²) in [5.41, 5.74) is 2.13. The standard InChI is InChI=1S/C18H28N4O2/c1-2-21-8-10-22(11-9-21)13-15-3-5-16(6-4-15)20-18(23)17-14-24-12-7-19-17/h3-6,17,19H,2,7-14H2,1H3,(H,20,23). The zero-order chi connectivity index (χ0) is 16.8. The van der Waals surface area contributed by atoms with Crippen molar-refractivity contribution in [3.05, 3.63) is 29.8 Å². The highest BCUT2D eigenvalue weighted by molar-refractivity contribution is 5.95. The fraction of sp³-hybridized carbons (Fsp3) is 0.611. The van der Waals surface area contributed by atoms with E-state index in [1.54, 1.807) is 0 Å². The molecule has 1 aromatic carbocycles. The van der Waals surface area contributed by atoms with Gasteiger partial charge in [-0.3, -0.25) is 9.69 Å². The Morgan fingerprint density at radius 3 is 2.54 bits per heavy atom. The summed E-state index contributed by atoms with van der Waals surface area (Å²) in [4.78, 5) is 17.1. The highest BCUT2D eigenvalue weighted by Gasteiger charge is 2.21. The predicted molar refractivity (Wildman–Crippen MR) is 95.1 cm³/mol. The van der Waals surface area contributed by atoms with Gasteiger partial charge in [0, 0.05) is 45.0 Å². The number of carbonyl (C=O) groups excluding carboxylic acids is 1. The molecule has 1 atom stereocenters. The number of nitrogens with one attached hydrogen (secondary N) is 2. The number of anilines is 1. The Labute approximate surface area is 144 Å². The van der Waals surface area contributed by atoms with Crippen molar-refractivity contribution in [1.82, 2.24) is 15.1 Å². The number of piperazine rings is 1. The zero-order valence-corrected chi connectivity index (χ0v) is 14.5. The summed E-state index contributed by atoms with van der Waals surface area (Å²) < 4.78 is 5.33. The van der Waals surface area contributed by atoms with E-state index in [1.165, 1.54) is 5.56 Å². The van der Waals surface area contributed by atoms with Crippen LogP contribution in [0.4, 0.5) is 5.69 Å². The van der Waals surface area contributed by atoms with Gasteiger partial charge in [-0.15, -0.1) is 0 Å². The van der Waals surface area contributed by atoms with Crippen LogP contribution in [0.1, 0.15) is 12.5 Å². The number of rotatable bonds is 5. The Morgan fingerprint density at radius 1 is 1.21 bits per heavy atom. The summed E-state index contributed by atoms with van der Waals surface area (Å²) in [6.45, 7) is 10.7. The van der Waals surface area contributed by atoms with Gasteiger partial charge in [-0.2, -0.15) is 0 Å². The molecular weight excluding hydrogens is 304 g/mol. The van der Waals surface area contributed by atoms with Crippen LogP contribution in [0.25, 0.3) is 0 Å². The first kappa shape index (κ1) is 17.4. The topological polar surface area (TPSA) is 56.8 Å². The lowest BCUT2D eigenvalue weighted by molar-refractivity contribution is -0.120. The molecule has 6 heteroatoms. The molecule has 1 aromatic rings. The lowest BCUT2D eigenvalue weighted by Crippen LogP contribution is -2.48. The number of benzene rings is 1. The predicted octanol–water partition coefficient (Wildman–Crippen LogP) is 0.751. The molecule has 2 aliphatic heterocycles. The molecule has 24 heavy (non-hydrogen) atoms. The number of morpholine rings is 1. The number of ether oxygens (including phenoxy) is 1. The molecule has 132 valence electrons. The van der Waals surface area contributed by atoms with Crippen molar-refractivity contribution in [2.45, 2.75) is 19.5 Å². The first-order chi connectivity index (χ1) is 11.7. The largest absolute Gasteiger partial charge is 0.378 e.